The van der Waals surface area contributed by atoms with Crippen LogP contribution in [0.4, 0.5) is 0 Å². The van der Waals surface area contributed by atoms with Gasteiger partial charge in [0, 0.05) is 18.0 Å². The van der Waals surface area contributed by atoms with E-state index in [1.54, 1.807) is 30.1 Å². The maximum absolute atomic E-state index is 6.02. The Labute approximate surface area is 92.5 Å². The summed E-state index contributed by atoms with van der Waals surface area (Å²) in [6.45, 7) is 1.92. The van der Waals surface area contributed by atoms with Gasteiger partial charge < -0.3 is 4.74 Å². The Hall–Kier alpha value is -1.55. The first-order valence-electron chi connectivity index (χ1n) is 4.44. The van der Waals surface area contributed by atoms with E-state index in [0.717, 1.165) is 5.69 Å². The van der Waals surface area contributed by atoms with Crippen LogP contribution >= 0.6 is 11.6 Å². The van der Waals surface area contributed by atoms with Crippen LogP contribution < -0.4 is 4.74 Å². The van der Waals surface area contributed by atoms with Gasteiger partial charge in [-0.15, -0.1) is 5.10 Å². The van der Waals surface area contributed by atoms with Gasteiger partial charge in [0.25, 0.3) is 0 Å². The molecule has 78 valence electrons. The number of halogens is 1. The van der Waals surface area contributed by atoms with E-state index in [9.17, 15) is 0 Å². The van der Waals surface area contributed by atoms with Crippen LogP contribution in [0.3, 0.4) is 0 Å². The molecule has 0 saturated carbocycles. The van der Waals surface area contributed by atoms with Crippen LogP contribution in [0.2, 0.25) is 5.02 Å². The number of rotatable bonds is 2. The SMILES string of the molecule is COc1cc(C)n(-c2ncccc2Cl)n1. The predicted octanol–water partition coefficient (Wildman–Crippen LogP) is 2.24. The zero-order valence-corrected chi connectivity index (χ0v) is 9.19. The normalized spacial score (nSPS) is 10.3. The van der Waals surface area contributed by atoms with Gasteiger partial charge >= 0.3 is 0 Å². The number of pyridine rings is 1. The number of aromatic nitrogens is 3. The van der Waals surface area contributed by atoms with Crippen molar-refractivity contribution in [2.75, 3.05) is 7.11 Å². The lowest BCUT2D eigenvalue weighted by Gasteiger charge is -2.03. The lowest BCUT2D eigenvalue weighted by molar-refractivity contribution is 0.394. The van der Waals surface area contributed by atoms with Crippen molar-refractivity contribution in [3.63, 3.8) is 0 Å². The molecule has 0 aliphatic heterocycles. The van der Waals surface area contributed by atoms with Crippen molar-refractivity contribution in [1.29, 1.82) is 0 Å². The average Bonchev–Trinajstić information content (AvgIpc) is 2.60. The van der Waals surface area contributed by atoms with Crippen LogP contribution in [-0.4, -0.2) is 21.9 Å². The Balaban J connectivity index is 2.54. The van der Waals surface area contributed by atoms with Gasteiger partial charge in [-0.1, -0.05) is 11.6 Å². The molecule has 2 aromatic rings. The Morgan fingerprint density at radius 3 is 2.87 bits per heavy atom. The molecule has 0 aliphatic rings. The third kappa shape index (κ3) is 1.80. The van der Waals surface area contributed by atoms with E-state index in [1.165, 1.54) is 0 Å². The average molecular weight is 224 g/mol. The molecule has 0 spiro atoms. The summed E-state index contributed by atoms with van der Waals surface area (Å²) in [5.41, 5.74) is 0.924. The van der Waals surface area contributed by atoms with E-state index in [4.69, 9.17) is 16.3 Å². The maximum Gasteiger partial charge on any atom is 0.233 e. The second-order valence-corrected chi connectivity index (χ2v) is 3.46. The van der Waals surface area contributed by atoms with Gasteiger partial charge in [-0.2, -0.15) is 0 Å². The van der Waals surface area contributed by atoms with Crippen molar-refractivity contribution in [3.8, 4) is 11.7 Å². The zero-order chi connectivity index (χ0) is 10.8. The maximum atomic E-state index is 6.02. The number of methoxy groups -OCH3 is 1. The number of nitrogens with zero attached hydrogens (tertiary/aromatic N) is 3. The molecule has 0 saturated heterocycles. The molecule has 0 aromatic carbocycles. The highest BCUT2D eigenvalue weighted by Gasteiger charge is 2.09. The molecule has 2 aromatic heterocycles. The fourth-order valence-corrected chi connectivity index (χ4v) is 1.50. The van der Waals surface area contributed by atoms with E-state index in [-0.39, 0.29) is 0 Å². The Morgan fingerprint density at radius 1 is 1.47 bits per heavy atom. The summed E-state index contributed by atoms with van der Waals surface area (Å²) >= 11 is 6.02. The summed E-state index contributed by atoms with van der Waals surface area (Å²) in [4.78, 5) is 4.17. The summed E-state index contributed by atoms with van der Waals surface area (Å²) in [6, 6.07) is 5.38. The van der Waals surface area contributed by atoms with Gasteiger partial charge in [-0.25, -0.2) is 9.67 Å². The van der Waals surface area contributed by atoms with E-state index in [0.29, 0.717) is 16.7 Å². The van der Waals surface area contributed by atoms with Gasteiger partial charge in [0.1, 0.15) is 0 Å². The standard InChI is InChI=1S/C10H10ClN3O/c1-7-6-9(15-2)13-14(7)10-8(11)4-3-5-12-10/h3-6H,1-2H3. The third-order valence-corrected chi connectivity index (χ3v) is 2.31. The van der Waals surface area contributed by atoms with Gasteiger partial charge in [-0.05, 0) is 19.1 Å². The topological polar surface area (TPSA) is 39.9 Å². The molecule has 15 heavy (non-hydrogen) atoms. The highest BCUT2D eigenvalue weighted by Crippen LogP contribution is 2.20. The van der Waals surface area contributed by atoms with E-state index in [2.05, 4.69) is 10.1 Å². The lowest BCUT2D eigenvalue weighted by atomic mass is 10.4. The summed E-state index contributed by atoms with van der Waals surface area (Å²) < 4.78 is 6.69. The van der Waals surface area contributed by atoms with Crippen molar-refractivity contribution in [1.82, 2.24) is 14.8 Å². The van der Waals surface area contributed by atoms with E-state index < -0.39 is 0 Å². The summed E-state index contributed by atoms with van der Waals surface area (Å²) in [7, 11) is 1.58. The van der Waals surface area contributed by atoms with Crippen LogP contribution in [0, 0.1) is 6.92 Å². The number of ether oxygens (including phenoxy) is 1. The lowest BCUT2D eigenvalue weighted by Crippen LogP contribution is -2.02. The minimum Gasteiger partial charge on any atom is -0.480 e. The monoisotopic (exact) mass is 223 g/mol. The fraction of sp³-hybridized carbons (Fsp3) is 0.200. The van der Waals surface area contributed by atoms with Crippen LogP contribution in [0.5, 0.6) is 5.88 Å². The van der Waals surface area contributed by atoms with Crippen LogP contribution in [0.1, 0.15) is 5.69 Å². The van der Waals surface area contributed by atoms with Gasteiger partial charge in [0.05, 0.1) is 12.1 Å². The van der Waals surface area contributed by atoms with Crippen molar-refractivity contribution in [2.45, 2.75) is 6.92 Å². The van der Waals surface area contributed by atoms with Crippen LogP contribution in [0.25, 0.3) is 5.82 Å². The molecule has 0 fully saturated rings. The second-order valence-electron chi connectivity index (χ2n) is 3.05. The van der Waals surface area contributed by atoms with Crippen molar-refractivity contribution in [3.05, 3.63) is 35.1 Å². The van der Waals surface area contributed by atoms with Crippen LogP contribution in [0.15, 0.2) is 24.4 Å². The molecule has 5 heteroatoms. The van der Waals surface area contributed by atoms with Crippen molar-refractivity contribution >= 4 is 11.6 Å². The number of hydrogen-bond acceptors (Lipinski definition) is 3. The molecule has 0 atom stereocenters. The molecule has 0 N–H and O–H groups in total. The van der Waals surface area contributed by atoms with Crippen molar-refractivity contribution in [2.24, 2.45) is 0 Å². The second kappa shape index (κ2) is 3.90. The summed E-state index contributed by atoms with van der Waals surface area (Å²) in [5.74, 6) is 1.16. The molecule has 2 rings (SSSR count). The fourth-order valence-electron chi connectivity index (χ4n) is 1.29. The smallest absolute Gasteiger partial charge is 0.233 e. The Bertz CT molecular complexity index is 481. The number of aryl methyl sites for hydroxylation is 1. The van der Waals surface area contributed by atoms with E-state index in [1.807, 2.05) is 13.0 Å². The molecular formula is C10H10ClN3O. The zero-order valence-electron chi connectivity index (χ0n) is 8.44. The Kier molecular flexibility index (Phi) is 2.60. The van der Waals surface area contributed by atoms with Crippen LogP contribution in [-0.2, 0) is 0 Å². The minimum atomic E-state index is 0.550. The molecule has 0 aliphatic carbocycles. The molecule has 2 heterocycles. The predicted molar refractivity (Wildman–Crippen MR) is 57.7 cm³/mol. The Morgan fingerprint density at radius 2 is 2.27 bits per heavy atom. The first kappa shape index (κ1) is 9.98. The summed E-state index contributed by atoms with van der Waals surface area (Å²) in [5, 5.41) is 4.77. The molecule has 0 amide bonds. The molecule has 0 unspecified atom stereocenters. The van der Waals surface area contributed by atoms with E-state index >= 15 is 0 Å². The largest absolute Gasteiger partial charge is 0.480 e. The molecule has 0 bridgehead atoms. The van der Waals surface area contributed by atoms with Crippen molar-refractivity contribution < 1.29 is 4.74 Å². The van der Waals surface area contributed by atoms with Gasteiger partial charge in [0.15, 0.2) is 5.82 Å². The summed E-state index contributed by atoms with van der Waals surface area (Å²) in [6.07, 6.45) is 1.68. The minimum absolute atomic E-state index is 0.550. The number of hydrogen-bond donors (Lipinski definition) is 0. The molecule has 0 radical (unpaired) electrons. The molecule has 4 nitrogen and oxygen atoms in total. The highest BCUT2D eigenvalue weighted by molar-refractivity contribution is 6.32. The highest BCUT2D eigenvalue weighted by atomic mass is 35.5. The van der Waals surface area contributed by atoms with Gasteiger partial charge in [0.2, 0.25) is 5.88 Å². The quantitative estimate of drug-likeness (QED) is 0.784. The molecular weight excluding hydrogens is 214 g/mol. The van der Waals surface area contributed by atoms with Gasteiger partial charge in [-0.3, -0.25) is 0 Å². The first-order chi connectivity index (χ1) is 7.22. The first-order valence-corrected chi connectivity index (χ1v) is 4.81. The third-order valence-electron chi connectivity index (χ3n) is 2.01.